The zero-order chi connectivity index (χ0) is 25.5. The van der Waals surface area contributed by atoms with Crippen molar-refractivity contribution in [1.82, 2.24) is 16.1 Å². The molecule has 2 aromatic carbocycles. The average molecular weight is 489 g/mol. The second-order valence-electron chi connectivity index (χ2n) is 7.00. The lowest BCUT2D eigenvalue weighted by Gasteiger charge is -2.19. The molecule has 0 bridgehead atoms. The minimum Gasteiger partial charge on any atom is -0.467 e. The van der Waals surface area contributed by atoms with Gasteiger partial charge in [0.1, 0.15) is 19.3 Å². The number of ether oxygens (including phenoxy) is 3. The molecular formula is C23H27N3O9. The number of methoxy groups -OCH3 is 1. The van der Waals surface area contributed by atoms with Gasteiger partial charge in [-0.05, 0) is 11.1 Å². The van der Waals surface area contributed by atoms with Gasteiger partial charge in [-0.2, -0.15) is 5.48 Å². The Morgan fingerprint density at radius 3 is 1.89 bits per heavy atom. The Morgan fingerprint density at radius 1 is 0.829 bits per heavy atom. The first-order valence-electron chi connectivity index (χ1n) is 10.5. The van der Waals surface area contributed by atoms with E-state index in [2.05, 4.69) is 15.5 Å². The van der Waals surface area contributed by atoms with Crippen LogP contribution in [0.1, 0.15) is 11.1 Å². The van der Waals surface area contributed by atoms with Crippen molar-refractivity contribution in [3.63, 3.8) is 0 Å². The van der Waals surface area contributed by atoms with Crippen LogP contribution in [-0.4, -0.2) is 61.6 Å². The largest absolute Gasteiger partial charge is 0.467 e. The topological polar surface area (TPSA) is 162 Å². The van der Waals surface area contributed by atoms with E-state index in [1.54, 1.807) is 54.6 Å². The molecule has 3 amide bonds. The van der Waals surface area contributed by atoms with Crippen LogP contribution in [0.25, 0.3) is 0 Å². The highest BCUT2D eigenvalue weighted by Gasteiger charge is 2.25. The normalized spacial score (nSPS) is 12.1. The Bertz CT molecular complexity index is 957. The van der Waals surface area contributed by atoms with Crippen molar-refractivity contribution < 1.29 is 43.3 Å². The molecule has 2 aromatic rings. The molecule has 12 heteroatoms. The number of aliphatic hydroxyl groups is 1. The van der Waals surface area contributed by atoms with E-state index < -0.39 is 49.4 Å². The van der Waals surface area contributed by atoms with E-state index in [4.69, 9.17) is 14.3 Å². The van der Waals surface area contributed by atoms with E-state index in [9.17, 15) is 24.3 Å². The third kappa shape index (κ3) is 10.2. The third-order valence-corrected chi connectivity index (χ3v) is 4.40. The smallest absolute Gasteiger partial charge is 0.414 e. The molecule has 2 rings (SSSR count). The first kappa shape index (κ1) is 27.2. The van der Waals surface area contributed by atoms with Crippen molar-refractivity contribution in [2.75, 3.05) is 20.3 Å². The van der Waals surface area contributed by atoms with Gasteiger partial charge >= 0.3 is 18.2 Å². The van der Waals surface area contributed by atoms with Crippen LogP contribution < -0.4 is 16.1 Å². The van der Waals surface area contributed by atoms with Crippen LogP contribution in [0.3, 0.4) is 0 Å². The maximum Gasteiger partial charge on any atom is 0.414 e. The van der Waals surface area contributed by atoms with E-state index in [1.807, 2.05) is 11.4 Å². The summed E-state index contributed by atoms with van der Waals surface area (Å²) in [5, 5.41) is 13.7. The average Bonchev–Trinajstić information content (AvgIpc) is 2.88. The molecule has 0 heterocycles. The predicted octanol–water partition coefficient (Wildman–Crippen LogP) is 0.790. The molecule has 188 valence electrons. The molecule has 0 aromatic heterocycles. The number of aliphatic hydroxyl groups excluding tert-OH is 1. The van der Waals surface area contributed by atoms with E-state index in [0.29, 0.717) is 0 Å². The van der Waals surface area contributed by atoms with Crippen LogP contribution in [0, 0.1) is 0 Å². The van der Waals surface area contributed by atoms with E-state index >= 15 is 0 Å². The maximum absolute atomic E-state index is 12.2. The molecule has 0 aliphatic heterocycles. The van der Waals surface area contributed by atoms with Gasteiger partial charge < -0.3 is 24.6 Å². The van der Waals surface area contributed by atoms with Crippen LogP contribution in [0.4, 0.5) is 9.59 Å². The molecule has 0 saturated heterocycles. The Balaban J connectivity index is 1.77. The SMILES string of the molecule is COC(=O)C(CON[C@@H](CO)C(=O)NC(=O)OCc1ccccc1)NC(=O)OCc1ccccc1. The number of carbonyl (C=O) groups is 4. The number of imide groups is 1. The maximum atomic E-state index is 12.2. The fraction of sp³-hybridized carbons (Fsp3) is 0.304. The van der Waals surface area contributed by atoms with Gasteiger partial charge in [0.05, 0.1) is 20.3 Å². The van der Waals surface area contributed by atoms with E-state index in [-0.39, 0.29) is 13.2 Å². The number of alkyl carbamates (subject to hydrolysis) is 2. The summed E-state index contributed by atoms with van der Waals surface area (Å²) in [5.41, 5.74) is 3.69. The number of amides is 3. The van der Waals surface area contributed by atoms with Crippen LogP contribution in [0.15, 0.2) is 60.7 Å². The van der Waals surface area contributed by atoms with Crippen LogP contribution in [0.2, 0.25) is 0 Å². The lowest BCUT2D eigenvalue weighted by atomic mass is 10.2. The van der Waals surface area contributed by atoms with Crippen molar-refractivity contribution in [3.05, 3.63) is 71.8 Å². The first-order chi connectivity index (χ1) is 16.9. The van der Waals surface area contributed by atoms with Gasteiger partial charge in [-0.3, -0.25) is 14.9 Å². The van der Waals surface area contributed by atoms with Gasteiger partial charge in [-0.15, -0.1) is 0 Å². The Morgan fingerprint density at radius 2 is 1.37 bits per heavy atom. The fourth-order valence-corrected chi connectivity index (χ4v) is 2.57. The van der Waals surface area contributed by atoms with Crippen molar-refractivity contribution in [3.8, 4) is 0 Å². The molecule has 4 N–H and O–H groups in total. The molecule has 12 nitrogen and oxygen atoms in total. The monoisotopic (exact) mass is 489 g/mol. The number of nitrogens with one attached hydrogen (secondary N) is 3. The molecule has 0 aliphatic rings. The van der Waals surface area contributed by atoms with Gasteiger partial charge in [0.25, 0.3) is 5.91 Å². The van der Waals surface area contributed by atoms with Gasteiger partial charge in [0.15, 0.2) is 6.04 Å². The summed E-state index contributed by atoms with van der Waals surface area (Å²) < 4.78 is 14.6. The minimum atomic E-state index is -1.37. The van der Waals surface area contributed by atoms with Crippen LogP contribution in [0.5, 0.6) is 0 Å². The molecule has 0 radical (unpaired) electrons. The Labute approximate surface area is 201 Å². The molecule has 0 spiro atoms. The number of hydroxylamine groups is 1. The zero-order valence-corrected chi connectivity index (χ0v) is 19.0. The standard InChI is InChI=1S/C23H27N3O9/c1-32-21(29)19(24-22(30)33-13-16-8-4-2-5-9-16)15-35-26-18(12-27)20(28)25-23(31)34-14-17-10-6-3-7-11-17/h2-11,18-19,26-27H,12-15H2,1H3,(H,24,30)(H,25,28,31)/t18-,19?/m0/s1. The van der Waals surface area contributed by atoms with Crippen molar-refractivity contribution in [2.45, 2.75) is 25.3 Å². The van der Waals surface area contributed by atoms with E-state index in [1.165, 1.54) is 0 Å². The molecule has 1 unspecified atom stereocenters. The minimum absolute atomic E-state index is 0.0210. The van der Waals surface area contributed by atoms with Gasteiger partial charge in [0.2, 0.25) is 0 Å². The molecule has 35 heavy (non-hydrogen) atoms. The predicted molar refractivity (Wildman–Crippen MR) is 120 cm³/mol. The van der Waals surface area contributed by atoms with Crippen LogP contribution in [-0.2, 0) is 41.9 Å². The number of benzene rings is 2. The molecule has 0 aliphatic carbocycles. The summed E-state index contributed by atoms with van der Waals surface area (Å²) in [6.07, 6.45) is -1.92. The number of hydrogen-bond acceptors (Lipinski definition) is 10. The first-order valence-corrected chi connectivity index (χ1v) is 10.5. The second kappa shape index (κ2) is 15.0. The highest BCUT2D eigenvalue weighted by molar-refractivity contribution is 5.94. The van der Waals surface area contributed by atoms with Crippen molar-refractivity contribution >= 4 is 24.1 Å². The summed E-state index contributed by atoms with van der Waals surface area (Å²) in [7, 11) is 1.12. The van der Waals surface area contributed by atoms with Crippen molar-refractivity contribution in [2.24, 2.45) is 0 Å². The Hall–Kier alpha value is -4.00. The van der Waals surface area contributed by atoms with Gasteiger partial charge in [-0.25, -0.2) is 14.4 Å². The molecule has 0 saturated carbocycles. The summed E-state index contributed by atoms with van der Waals surface area (Å²) >= 11 is 0. The summed E-state index contributed by atoms with van der Waals surface area (Å²) in [6.45, 7) is -1.30. The quantitative estimate of drug-likeness (QED) is 0.191. The lowest BCUT2D eigenvalue weighted by molar-refractivity contribution is -0.146. The van der Waals surface area contributed by atoms with Gasteiger partial charge in [-0.1, -0.05) is 60.7 Å². The summed E-state index contributed by atoms with van der Waals surface area (Å²) in [6, 6.07) is 15.1. The van der Waals surface area contributed by atoms with E-state index in [0.717, 1.165) is 18.2 Å². The molecular weight excluding hydrogens is 462 g/mol. The third-order valence-electron chi connectivity index (χ3n) is 4.40. The summed E-state index contributed by atoms with van der Waals surface area (Å²) in [5.74, 6) is -1.77. The molecule has 2 atom stereocenters. The highest BCUT2D eigenvalue weighted by atomic mass is 16.7. The molecule has 0 fully saturated rings. The van der Waals surface area contributed by atoms with Crippen molar-refractivity contribution in [1.29, 1.82) is 0 Å². The Kier molecular flexibility index (Phi) is 11.7. The zero-order valence-electron chi connectivity index (χ0n) is 19.0. The summed E-state index contributed by atoms with van der Waals surface area (Å²) in [4.78, 5) is 53.0. The van der Waals surface area contributed by atoms with Crippen LogP contribution >= 0.6 is 0 Å². The lowest BCUT2D eigenvalue weighted by Crippen LogP contribution is -2.51. The fourth-order valence-electron chi connectivity index (χ4n) is 2.57. The van der Waals surface area contributed by atoms with Gasteiger partial charge in [0, 0.05) is 0 Å². The highest BCUT2D eigenvalue weighted by Crippen LogP contribution is 2.02. The number of esters is 1. The number of rotatable bonds is 12. The number of carbonyl (C=O) groups excluding carboxylic acids is 4. The number of hydrogen-bond donors (Lipinski definition) is 4. The second-order valence-corrected chi connectivity index (χ2v) is 7.00.